The molecule has 1 atom stereocenters. The van der Waals surface area contributed by atoms with E-state index >= 15 is 0 Å². The average molecular weight is 368 g/mol. The minimum Gasteiger partial charge on any atom is -0.423 e. The van der Waals surface area contributed by atoms with Gasteiger partial charge in [0.1, 0.15) is 5.58 Å². The van der Waals surface area contributed by atoms with Crippen molar-refractivity contribution in [2.45, 2.75) is 24.7 Å². The molecule has 134 valence electrons. The van der Waals surface area contributed by atoms with Crippen LogP contribution in [0.25, 0.3) is 21.7 Å². The van der Waals surface area contributed by atoms with Gasteiger partial charge in [0.05, 0.1) is 12.6 Å². The Hall–Kier alpha value is -2.31. The van der Waals surface area contributed by atoms with E-state index in [2.05, 4.69) is 4.99 Å². The van der Waals surface area contributed by atoms with Gasteiger partial charge >= 0.3 is 5.63 Å². The maximum atomic E-state index is 11.9. The molecule has 3 aromatic rings. The molecule has 1 aliphatic heterocycles. The van der Waals surface area contributed by atoms with E-state index in [1.165, 1.54) is 11.8 Å². The lowest BCUT2D eigenvalue weighted by Crippen LogP contribution is -2.14. The van der Waals surface area contributed by atoms with Crippen LogP contribution in [-0.4, -0.2) is 24.4 Å². The van der Waals surface area contributed by atoms with Crippen molar-refractivity contribution in [2.24, 2.45) is 10.7 Å². The Morgan fingerprint density at radius 2 is 2.15 bits per heavy atom. The van der Waals surface area contributed by atoms with Crippen molar-refractivity contribution in [1.29, 1.82) is 0 Å². The summed E-state index contributed by atoms with van der Waals surface area (Å²) in [6.45, 7) is 1.41. The molecule has 6 heteroatoms. The van der Waals surface area contributed by atoms with Crippen LogP contribution in [0.4, 0.5) is 0 Å². The van der Waals surface area contributed by atoms with Gasteiger partial charge in [-0.15, -0.1) is 0 Å². The molecule has 1 aliphatic rings. The highest BCUT2D eigenvalue weighted by molar-refractivity contribution is 8.13. The van der Waals surface area contributed by atoms with Gasteiger partial charge in [-0.05, 0) is 35.2 Å². The van der Waals surface area contributed by atoms with Crippen molar-refractivity contribution in [3.05, 3.63) is 58.4 Å². The van der Waals surface area contributed by atoms with Crippen LogP contribution in [0, 0.1) is 0 Å². The fraction of sp³-hybridized carbons (Fsp3) is 0.300. The highest BCUT2D eigenvalue weighted by atomic mass is 32.2. The number of hydrogen-bond donors (Lipinski definition) is 1. The van der Waals surface area contributed by atoms with Gasteiger partial charge in [-0.1, -0.05) is 42.1 Å². The number of thioether (sulfide) groups is 1. The van der Waals surface area contributed by atoms with Gasteiger partial charge in [0, 0.05) is 23.8 Å². The maximum absolute atomic E-state index is 11.9. The lowest BCUT2D eigenvalue weighted by molar-refractivity contribution is 0.118. The number of rotatable bonds is 4. The van der Waals surface area contributed by atoms with Crippen molar-refractivity contribution < 1.29 is 9.15 Å². The Kier molecular flexibility index (Phi) is 4.95. The summed E-state index contributed by atoms with van der Waals surface area (Å²) in [6.07, 6.45) is 2.31. The Morgan fingerprint density at radius 1 is 1.27 bits per heavy atom. The number of fused-ring (bicyclic) bond motifs is 3. The first-order valence-corrected chi connectivity index (χ1v) is 9.68. The molecular weight excluding hydrogens is 348 g/mol. The summed E-state index contributed by atoms with van der Waals surface area (Å²) < 4.78 is 11.0. The molecule has 1 unspecified atom stereocenters. The van der Waals surface area contributed by atoms with Crippen LogP contribution in [0.2, 0.25) is 0 Å². The van der Waals surface area contributed by atoms with Crippen molar-refractivity contribution in [3.63, 3.8) is 0 Å². The van der Waals surface area contributed by atoms with Crippen molar-refractivity contribution >= 4 is 38.7 Å². The molecule has 2 N–H and O–H groups in total. The van der Waals surface area contributed by atoms with E-state index in [4.69, 9.17) is 14.9 Å². The molecule has 0 saturated carbocycles. The highest BCUT2D eigenvalue weighted by Gasteiger charge is 2.15. The topological polar surface area (TPSA) is 77.8 Å². The SMILES string of the molecule is NC(=NCC1CCCO1)SCc1cc(=O)oc2ccc3ccccc3c12. The molecule has 1 saturated heterocycles. The van der Waals surface area contributed by atoms with Crippen LogP contribution in [0.5, 0.6) is 0 Å². The van der Waals surface area contributed by atoms with E-state index < -0.39 is 0 Å². The van der Waals surface area contributed by atoms with Gasteiger partial charge in [0.25, 0.3) is 0 Å². The normalized spacial score (nSPS) is 18.0. The third kappa shape index (κ3) is 3.61. The number of nitrogens with two attached hydrogens (primary N) is 1. The molecule has 0 radical (unpaired) electrons. The largest absolute Gasteiger partial charge is 0.423 e. The van der Waals surface area contributed by atoms with E-state index in [-0.39, 0.29) is 11.7 Å². The molecule has 2 heterocycles. The summed E-state index contributed by atoms with van der Waals surface area (Å²) >= 11 is 1.44. The average Bonchev–Trinajstić information content (AvgIpc) is 3.17. The molecule has 2 aromatic carbocycles. The Bertz CT molecular complexity index is 1020. The number of hydrogen-bond acceptors (Lipinski definition) is 5. The predicted molar refractivity (Wildman–Crippen MR) is 107 cm³/mol. The second-order valence-corrected chi connectivity index (χ2v) is 7.35. The summed E-state index contributed by atoms with van der Waals surface area (Å²) in [4.78, 5) is 16.3. The van der Waals surface area contributed by atoms with E-state index in [9.17, 15) is 4.79 Å². The van der Waals surface area contributed by atoms with Crippen LogP contribution in [0.1, 0.15) is 18.4 Å². The Labute approximate surface area is 155 Å². The number of ether oxygens (including phenoxy) is 1. The lowest BCUT2D eigenvalue weighted by Gasteiger charge is -2.09. The van der Waals surface area contributed by atoms with Crippen LogP contribution in [-0.2, 0) is 10.5 Å². The second-order valence-electron chi connectivity index (χ2n) is 6.35. The van der Waals surface area contributed by atoms with E-state index in [1.54, 1.807) is 6.07 Å². The third-order valence-corrected chi connectivity index (χ3v) is 5.45. The van der Waals surface area contributed by atoms with E-state index in [0.29, 0.717) is 23.0 Å². The second kappa shape index (κ2) is 7.51. The fourth-order valence-corrected chi connectivity index (χ4v) is 4.01. The van der Waals surface area contributed by atoms with Crippen LogP contribution >= 0.6 is 11.8 Å². The maximum Gasteiger partial charge on any atom is 0.336 e. The minimum atomic E-state index is -0.349. The lowest BCUT2D eigenvalue weighted by atomic mass is 10.0. The summed E-state index contributed by atoms with van der Waals surface area (Å²) in [5.74, 6) is 0.566. The number of aliphatic imine (C=N–C) groups is 1. The van der Waals surface area contributed by atoms with Gasteiger partial charge in [-0.2, -0.15) is 0 Å². The van der Waals surface area contributed by atoms with Gasteiger partial charge < -0.3 is 14.9 Å². The summed E-state index contributed by atoms with van der Waals surface area (Å²) in [5.41, 5.74) is 7.21. The Morgan fingerprint density at radius 3 is 3.00 bits per heavy atom. The molecule has 4 rings (SSSR count). The van der Waals surface area contributed by atoms with Crippen LogP contribution in [0.3, 0.4) is 0 Å². The molecule has 1 aromatic heterocycles. The third-order valence-electron chi connectivity index (χ3n) is 4.56. The fourth-order valence-electron chi connectivity index (χ4n) is 3.31. The minimum absolute atomic E-state index is 0.183. The highest BCUT2D eigenvalue weighted by Crippen LogP contribution is 2.29. The molecular formula is C20H20N2O3S. The van der Waals surface area contributed by atoms with Gasteiger partial charge in [0.15, 0.2) is 5.17 Å². The molecule has 5 nitrogen and oxygen atoms in total. The first kappa shape index (κ1) is 17.1. The van der Waals surface area contributed by atoms with Gasteiger partial charge in [-0.25, -0.2) is 4.79 Å². The van der Waals surface area contributed by atoms with Crippen molar-refractivity contribution in [1.82, 2.24) is 0 Å². The molecule has 1 fully saturated rings. The van der Waals surface area contributed by atoms with Gasteiger partial charge in [-0.3, -0.25) is 4.99 Å². The summed E-state index contributed by atoms with van der Waals surface area (Å²) in [7, 11) is 0. The van der Waals surface area contributed by atoms with Gasteiger partial charge in [0.2, 0.25) is 0 Å². The van der Waals surface area contributed by atoms with Crippen LogP contribution < -0.4 is 11.4 Å². The molecule has 0 bridgehead atoms. The Balaban J connectivity index is 1.62. The monoisotopic (exact) mass is 368 g/mol. The zero-order chi connectivity index (χ0) is 17.9. The quantitative estimate of drug-likeness (QED) is 0.329. The van der Waals surface area contributed by atoms with Crippen molar-refractivity contribution in [3.8, 4) is 0 Å². The first-order valence-electron chi connectivity index (χ1n) is 8.69. The first-order chi connectivity index (χ1) is 12.7. The summed E-state index contributed by atoms with van der Waals surface area (Å²) in [5, 5.41) is 3.66. The van der Waals surface area contributed by atoms with Crippen molar-refractivity contribution in [2.75, 3.05) is 13.2 Å². The molecule has 26 heavy (non-hydrogen) atoms. The predicted octanol–water partition coefficient (Wildman–Crippen LogP) is 3.67. The summed E-state index contributed by atoms with van der Waals surface area (Å²) in [6, 6.07) is 13.4. The van der Waals surface area contributed by atoms with Crippen LogP contribution in [0.15, 0.2) is 56.7 Å². The smallest absolute Gasteiger partial charge is 0.336 e. The zero-order valence-corrected chi connectivity index (χ0v) is 15.1. The number of amidine groups is 1. The standard InChI is InChI=1S/C20H20N2O3S/c21-20(22-11-15-5-3-9-24-15)26-12-14-10-18(23)25-17-8-7-13-4-1-2-6-16(13)19(14)17/h1-2,4,6-8,10,15H,3,5,9,11-12H2,(H2,21,22). The zero-order valence-electron chi connectivity index (χ0n) is 14.3. The number of nitrogens with zero attached hydrogens (tertiary/aromatic N) is 1. The molecule has 0 spiro atoms. The molecule has 0 amide bonds. The van der Waals surface area contributed by atoms with E-state index in [0.717, 1.165) is 41.2 Å². The van der Waals surface area contributed by atoms with E-state index in [1.807, 2.05) is 36.4 Å². The number of benzene rings is 2. The molecule has 0 aliphatic carbocycles.